The summed E-state index contributed by atoms with van der Waals surface area (Å²) in [5.41, 5.74) is 7.46. The highest BCUT2D eigenvalue weighted by Crippen LogP contribution is 2.23. The average Bonchev–Trinajstić information content (AvgIpc) is 2.41. The summed E-state index contributed by atoms with van der Waals surface area (Å²) in [6.07, 6.45) is 0. The summed E-state index contributed by atoms with van der Waals surface area (Å²) in [7, 11) is 0. The number of rotatable bonds is 3. The number of benzene rings is 2. The van der Waals surface area contributed by atoms with Crippen LogP contribution in [-0.4, -0.2) is 11.8 Å². The number of halogens is 1. The Balaban J connectivity index is 2.20. The van der Waals surface area contributed by atoms with Crippen molar-refractivity contribution in [2.24, 2.45) is 0 Å². The summed E-state index contributed by atoms with van der Waals surface area (Å²) in [5.74, 6) is -0.549. The average molecular weight is 304 g/mol. The first-order chi connectivity index (χ1) is 9.97. The van der Waals surface area contributed by atoms with E-state index in [4.69, 9.17) is 17.3 Å². The van der Waals surface area contributed by atoms with Crippen molar-refractivity contribution in [1.82, 2.24) is 0 Å². The summed E-state index contributed by atoms with van der Waals surface area (Å²) >= 11 is 5.89. The van der Waals surface area contributed by atoms with Gasteiger partial charge in [0.15, 0.2) is 0 Å². The molecule has 2 aromatic carbocycles. The standard InChI is InChI=1S/C15H14ClN3O2/c1-9(20)18-10-4-2-5-11(8-10)19-15(21)12-6-3-7-13(16)14(12)17/h2-8H,17H2,1H3,(H,18,20)(H,19,21). The molecule has 6 heteroatoms. The Morgan fingerprint density at radius 1 is 1.05 bits per heavy atom. The fourth-order valence-electron chi connectivity index (χ4n) is 1.81. The number of para-hydroxylation sites is 1. The summed E-state index contributed by atoms with van der Waals surface area (Å²) in [5, 5.41) is 5.68. The largest absolute Gasteiger partial charge is 0.397 e. The van der Waals surface area contributed by atoms with E-state index in [0.717, 1.165) is 0 Å². The van der Waals surface area contributed by atoms with Crippen LogP contribution in [0.15, 0.2) is 42.5 Å². The van der Waals surface area contributed by atoms with E-state index >= 15 is 0 Å². The Morgan fingerprint density at radius 3 is 2.33 bits per heavy atom. The number of carbonyl (C=O) groups excluding carboxylic acids is 2. The van der Waals surface area contributed by atoms with Gasteiger partial charge in [-0.3, -0.25) is 9.59 Å². The second kappa shape index (κ2) is 6.28. The number of carbonyl (C=O) groups is 2. The quantitative estimate of drug-likeness (QED) is 0.762. The highest BCUT2D eigenvalue weighted by molar-refractivity contribution is 6.34. The second-order valence-electron chi connectivity index (χ2n) is 4.42. The lowest BCUT2D eigenvalue weighted by atomic mass is 10.1. The molecular weight excluding hydrogens is 290 g/mol. The van der Waals surface area contributed by atoms with Crippen molar-refractivity contribution in [3.05, 3.63) is 53.1 Å². The van der Waals surface area contributed by atoms with Crippen LogP contribution in [0.4, 0.5) is 17.1 Å². The van der Waals surface area contributed by atoms with E-state index in [2.05, 4.69) is 10.6 Å². The first-order valence-corrected chi connectivity index (χ1v) is 6.58. The fourth-order valence-corrected chi connectivity index (χ4v) is 1.99. The molecule has 0 aromatic heterocycles. The van der Waals surface area contributed by atoms with E-state index in [1.165, 1.54) is 6.92 Å². The molecule has 0 fully saturated rings. The van der Waals surface area contributed by atoms with Crippen LogP contribution in [0.2, 0.25) is 5.02 Å². The fraction of sp³-hybridized carbons (Fsp3) is 0.0667. The maximum Gasteiger partial charge on any atom is 0.257 e. The van der Waals surface area contributed by atoms with Gasteiger partial charge in [0.1, 0.15) is 0 Å². The molecule has 21 heavy (non-hydrogen) atoms. The minimum Gasteiger partial charge on any atom is -0.397 e. The lowest BCUT2D eigenvalue weighted by Gasteiger charge is -2.10. The molecule has 108 valence electrons. The maximum absolute atomic E-state index is 12.2. The Labute approximate surface area is 127 Å². The number of amides is 2. The van der Waals surface area contributed by atoms with Crippen LogP contribution >= 0.6 is 11.6 Å². The Hall–Kier alpha value is -2.53. The molecule has 0 spiro atoms. The van der Waals surface area contributed by atoms with Crippen LogP contribution in [-0.2, 0) is 4.79 Å². The van der Waals surface area contributed by atoms with Crippen molar-refractivity contribution in [1.29, 1.82) is 0 Å². The third-order valence-corrected chi connectivity index (χ3v) is 3.07. The first-order valence-electron chi connectivity index (χ1n) is 6.20. The minimum absolute atomic E-state index is 0.183. The van der Waals surface area contributed by atoms with Gasteiger partial charge in [0, 0.05) is 18.3 Å². The van der Waals surface area contributed by atoms with Gasteiger partial charge in [-0.2, -0.15) is 0 Å². The lowest BCUT2D eigenvalue weighted by molar-refractivity contribution is -0.114. The molecule has 0 aliphatic rings. The molecule has 0 unspecified atom stereocenters. The number of nitrogen functional groups attached to an aromatic ring is 1. The van der Waals surface area contributed by atoms with Gasteiger partial charge in [0.25, 0.3) is 5.91 Å². The van der Waals surface area contributed by atoms with Gasteiger partial charge < -0.3 is 16.4 Å². The highest BCUT2D eigenvalue weighted by atomic mass is 35.5. The molecule has 0 saturated heterocycles. The van der Waals surface area contributed by atoms with Crippen LogP contribution in [0.5, 0.6) is 0 Å². The van der Waals surface area contributed by atoms with Crippen molar-refractivity contribution < 1.29 is 9.59 Å². The van der Waals surface area contributed by atoms with Gasteiger partial charge in [-0.25, -0.2) is 0 Å². The van der Waals surface area contributed by atoms with Crippen LogP contribution in [0, 0.1) is 0 Å². The maximum atomic E-state index is 12.2. The predicted molar refractivity (Wildman–Crippen MR) is 84.6 cm³/mol. The molecule has 0 heterocycles. The minimum atomic E-state index is -0.366. The Bertz CT molecular complexity index is 701. The normalized spacial score (nSPS) is 10.0. The molecule has 0 radical (unpaired) electrons. The topological polar surface area (TPSA) is 84.2 Å². The van der Waals surface area contributed by atoms with E-state index in [9.17, 15) is 9.59 Å². The van der Waals surface area contributed by atoms with Crippen molar-refractivity contribution in [3.8, 4) is 0 Å². The Morgan fingerprint density at radius 2 is 1.67 bits per heavy atom. The smallest absolute Gasteiger partial charge is 0.257 e. The molecule has 0 aliphatic carbocycles. The summed E-state index contributed by atoms with van der Waals surface area (Å²) in [6, 6.07) is 11.7. The zero-order chi connectivity index (χ0) is 15.4. The molecule has 0 saturated carbocycles. The van der Waals surface area contributed by atoms with Crippen LogP contribution in [0.3, 0.4) is 0 Å². The summed E-state index contributed by atoms with van der Waals surface area (Å²) in [6.45, 7) is 1.41. The highest BCUT2D eigenvalue weighted by Gasteiger charge is 2.12. The van der Waals surface area contributed by atoms with Gasteiger partial charge in [0.05, 0.1) is 16.3 Å². The van der Waals surface area contributed by atoms with Crippen molar-refractivity contribution in [2.75, 3.05) is 16.4 Å². The second-order valence-corrected chi connectivity index (χ2v) is 4.82. The predicted octanol–water partition coefficient (Wildman–Crippen LogP) is 3.13. The molecule has 5 nitrogen and oxygen atoms in total. The molecule has 2 aromatic rings. The summed E-state index contributed by atoms with van der Waals surface area (Å²) < 4.78 is 0. The number of hydrogen-bond donors (Lipinski definition) is 3. The van der Waals surface area contributed by atoms with Crippen molar-refractivity contribution in [2.45, 2.75) is 6.92 Å². The summed E-state index contributed by atoms with van der Waals surface area (Å²) in [4.78, 5) is 23.2. The molecule has 0 atom stereocenters. The molecule has 2 amide bonds. The van der Waals surface area contributed by atoms with Gasteiger partial charge >= 0.3 is 0 Å². The first kappa shape index (κ1) is 14.9. The van der Waals surface area contributed by atoms with Crippen molar-refractivity contribution >= 4 is 40.5 Å². The van der Waals surface area contributed by atoms with Crippen molar-refractivity contribution in [3.63, 3.8) is 0 Å². The van der Waals surface area contributed by atoms with Crippen LogP contribution < -0.4 is 16.4 Å². The van der Waals surface area contributed by atoms with E-state index in [1.54, 1.807) is 42.5 Å². The third-order valence-electron chi connectivity index (χ3n) is 2.74. The van der Waals surface area contributed by atoms with E-state index in [-0.39, 0.29) is 17.5 Å². The monoisotopic (exact) mass is 303 g/mol. The lowest BCUT2D eigenvalue weighted by Crippen LogP contribution is -2.14. The number of nitrogens with one attached hydrogen (secondary N) is 2. The van der Waals surface area contributed by atoms with Crippen LogP contribution in [0.1, 0.15) is 17.3 Å². The SMILES string of the molecule is CC(=O)Nc1cccc(NC(=O)c2cccc(Cl)c2N)c1. The number of anilines is 3. The third kappa shape index (κ3) is 3.73. The molecular formula is C15H14ClN3O2. The molecule has 0 bridgehead atoms. The van der Waals surface area contributed by atoms with Gasteiger partial charge in [0.2, 0.25) is 5.91 Å². The Kier molecular flexibility index (Phi) is 4.45. The number of hydrogen-bond acceptors (Lipinski definition) is 3. The van der Waals surface area contributed by atoms with E-state index in [0.29, 0.717) is 22.0 Å². The zero-order valence-electron chi connectivity index (χ0n) is 11.3. The zero-order valence-corrected chi connectivity index (χ0v) is 12.1. The van der Waals surface area contributed by atoms with E-state index < -0.39 is 0 Å². The van der Waals surface area contributed by atoms with Gasteiger partial charge in [-0.05, 0) is 30.3 Å². The van der Waals surface area contributed by atoms with Gasteiger partial charge in [-0.15, -0.1) is 0 Å². The molecule has 4 N–H and O–H groups in total. The molecule has 2 rings (SSSR count). The molecule has 0 aliphatic heterocycles. The van der Waals surface area contributed by atoms with Gasteiger partial charge in [-0.1, -0.05) is 23.7 Å². The number of nitrogens with two attached hydrogens (primary N) is 1. The van der Waals surface area contributed by atoms with E-state index in [1.807, 2.05) is 0 Å². The van der Waals surface area contributed by atoms with Crippen LogP contribution in [0.25, 0.3) is 0 Å².